The number of aliphatic hydroxyl groups is 1. The maximum atomic E-state index is 11.6. The molecule has 0 unspecified atom stereocenters. The molecule has 1 aromatic carbocycles. The molecule has 0 aliphatic carbocycles. The van der Waals surface area contributed by atoms with Crippen LogP contribution in [0.2, 0.25) is 0 Å². The fraction of sp³-hybridized carbons (Fsp3) is 0.222. The lowest BCUT2D eigenvalue weighted by atomic mass is 10.2. The Kier molecular flexibility index (Phi) is 5.97. The number of anilines is 2. The lowest BCUT2D eigenvalue weighted by molar-refractivity contribution is -0.121. The number of carbonyl (C=O) groups excluding carboxylic acids is 4. The number of amides is 4. The van der Waals surface area contributed by atoms with Crippen molar-refractivity contribution in [1.29, 1.82) is 0 Å². The second-order valence-electron chi connectivity index (χ2n) is 5.29. The predicted molar refractivity (Wildman–Crippen MR) is 91.7 cm³/mol. The van der Waals surface area contributed by atoms with Crippen LogP contribution in [0.5, 0.6) is 0 Å². The SMILES string of the molecule is CCCCO.O=C1C=CC(=O)N1c1cccc(N2C(=O)C=CC2=O)c1. The fourth-order valence-corrected chi connectivity index (χ4v) is 2.24. The van der Waals surface area contributed by atoms with Crippen LogP contribution in [0, 0.1) is 0 Å². The second-order valence-corrected chi connectivity index (χ2v) is 5.29. The molecule has 0 saturated carbocycles. The molecule has 3 rings (SSSR count). The number of hydrogen-bond donors (Lipinski definition) is 1. The summed E-state index contributed by atoms with van der Waals surface area (Å²) in [5, 5.41) is 8.07. The van der Waals surface area contributed by atoms with Crippen molar-refractivity contribution in [3.05, 3.63) is 48.6 Å². The van der Waals surface area contributed by atoms with Crippen molar-refractivity contribution in [2.45, 2.75) is 19.8 Å². The molecule has 0 aromatic heterocycles. The van der Waals surface area contributed by atoms with Gasteiger partial charge >= 0.3 is 0 Å². The standard InChI is InChI=1S/C14H8N2O4.C4H10O/c17-11-4-5-12(18)15(11)9-2-1-3-10(8-9)16-13(19)6-7-14(16)20;1-2-3-4-5/h1-8H;5H,2-4H2,1H3. The summed E-state index contributed by atoms with van der Waals surface area (Å²) in [6.45, 7) is 2.40. The van der Waals surface area contributed by atoms with Gasteiger partial charge in [0.1, 0.15) is 0 Å². The summed E-state index contributed by atoms with van der Waals surface area (Å²) in [4.78, 5) is 48.4. The fourth-order valence-electron chi connectivity index (χ4n) is 2.24. The zero-order chi connectivity index (χ0) is 18.4. The van der Waals surface area contributed by atoms with Crippen LogP contribution < -0.4 is 9.80 Å². The number of imide groups is 2. The Bertz CT molecular complexity index is 671. The first-order valence-electron chi connectivity index (χ1n) is 7.82. The summed E-state index contributed by atoms with van der Waals surface area (Å²) >= 11 is 0. The van der Waals surface area contributed by atoms with Crippen molar-refractivity contribution in [2.75, 3.05) is 16.4 Å². The normalized spacial score (nSPS) is 15.9. The van der Waals surface area contributed by atoms with E-state index in [9.17, 15) is 19.2 Å². The van der Waals surface area contributed by atoms with Gasteiger partial charge in [0.2, 0.25) is 0 Å². The number of nitrogens with zero attached hydrogens (tertiary/aromatic N) is 2. The van der Waals surface area contributed by atoms with Crippen molar-refractivity contribution in [1.82, 2.24) is 0 Å². The van der Waals surface area contributed by atoms with E-state index >= 15 is 0 Å². The second kappa shape index (κ2) is 8.16. The highest BCUT2D eigenvalue weighted by Crippen LogP contribution is 2.26. The molecule has 0 atom stereocenters. The third-order valence-corrected chi connectivity index (χ3v) is 3.48. The number of benzene rings is 1. The van der Waals surface area contributed by atoms with Crippen molar-refractivity contribution in [3.63, 3.8) is 0 Å². The molecule has 1 N–H and O–H groups in total. The van der Waals surface area contributed by atoms with Gasteiger partial charge in [0, 0.05) is 30.9 Å². The third kappa shape index (κ3) is 4.07. The van der Waals surface area contributed by atoms with E-state index in [0.717, 1.165) is 22.6 Å². The van der Waals surface area contributed by atoms with Crippen LogP contribution in [0.1, 0.15) is 19.8 Å². The topological polar surface area (TPSA) is 95.0 Å². The van der Waals surface area contributed by atoms with Gasteiger partial charge in [0.05, 0.1) is 11.4 Å². The van der Waals surface area contributed by atoms with Gasteiger partial charge in [-0.3, -0.25) is 19.2 Å². The number of rotatable bonds is 4. The van der Waals surface area contributed by atoms with E-state index in [4.69, 9.17) is 5.11 Å². The Morgan fingerprint density at radius 2 is 1.20 bits per heavy atom. The summed E-state index contributed by atoms with van der Waals surface area (Å²) in [6.07, 6.45) is 6.72. The highest BCUT2D eigenvalue weighted by molar-refractivity contribution is 6.30. The lowest BCUT2D eigenvalue weighted by Crippen LogP contribution is -2.31. The van der Waals surface area contributed by atoms with Gasteiger partial charge < -0.3 is 5.11 Å². The van der Waals surface area contributed by atoms with Crippen LogP contribution in [0.25, 0.3) is 0 Å². The number of aliphatic hydroxyl groups excluding tert-OH is 1. The van der Waals surface area contributed by atoms with Crippen molar-refractivity contribution in [2.24, 2.45) is 0 Å². The van der Waals surface area contributed by atoms with Gasteiger partial charge in [-0.05, 0) is 24.6 Å². The molecule has 0 saturated heterocycles. The molecule has 0 fully saturated rings. The molecule has 130 valence electrons. The van der Waals surface area contributed by atoms with Gasteiger partial charge in [-0.15, -0.1) is 0 Å². The lowest BCUT2D eigenvalue weighted by Gasteiger charge is -2.18. The average Bonchev–Trinajstić information content (AvgIpc) is 3.10. The molecule has 2 aliphatic rings. The van der Waals surface area contributed by atoms with Crippen LogP contribution in [0.3, 0.4) is 0 Å². The van der Waals surface area contributed by atoms with E-state index in [1.807, 2.05) is 0 Å². The van der Waals surface area contributed by atoms with Gasteiger partial charge in [0.25, 0.3) is 23.6 Å². The van der Waals surface area contributed by atoms with Crippen molar-refractivity contribution < 1.29 is 24.3 Å². The van der Waals surface area contributed by atoms with E-state index in [1.165, 1.54) is 30.4 Å². The van der Waals surface area contributed by atoms with E-state index in [1.54, 1.807) is 18.2 Å². The first-order valence-corrected chi connectivity index (χ1v) is 7.82. The number of carbonyl (C=O) groups is 4. The highest BCUT2D eigenvalue weighted by Gasteiger charge is 2.28. The van der Waals surface area contributed by atoms with E-state index < -0.39 is 23.6 Å². The average molecular weight is 342 g/mol. The molecular weight excluding hydrogens is 324 g/mol. The Balaban J connectivity index is 0.000000399. The Morgan fingerprint density at radius 1 is 0.800 bits per heavy atom. The summed E-state index contributed by atoms with van der Waals surface area (Å²) in [5.41, 5.74) is 0.630. The smallest absolute Gasteiger partial charge is 0.258 e. The Morgan fingerprint density at radius 3 is 1.48 bits per heavy atom. The maximum absolute atomic E-state index is 11.6. The van der Waals surface area contributed by atoms with Gasteiger partial charge in [-0.25, -0.2) is 9.80 Å². The maximum Gasteiger partial charge on any atom is 0.258 e. The molecule has 4 amide bonds. The van der Waals surface area contributed by atoms with Crippen molar-refractivity contribution in [3.8, 4) is 0 Å². The summed E-state index contributed by atoms with van der Waals surface area (Å²) < 4.78 is 0. The van der Waals surface area contributed by atoms with E-state index in [-0.39, 0.29) is 0 Å². The van der Waals surface area contributed by atoms with Crippen LogP contribution in [-0.2, 0) is 19.2 Å². The van der Waals surface area contributed by atoms with Crippen LogP contribution in [-0.4, -0.2) is 35.3 Å². The molecule has 0 spiro atoms. The van der Waals surface area contributed by atoms with Gasteiger partial charge in [0.15, 0.2) is 0 Å². The van der Waals surface area contributed by atoms with Crippen molar-refractivity contribution >= 4 is 35.0 Å². The molecule has 7 heteroatoms. The van der Waals surface area contributed by atoms with E-state index in [0.29, 0.717) is 18.0 Å². The van der Waals surface area contributed by atoms with Crippen LogP contribution in [0.4, 0.5) is 11.4 Å². The van der Waals surface area contributed by atoms with Gasteiger partial charge in [-0.1, -0.05) is 19.4 Å². The molecule has 1 aromatic rings. The number of unbranched alkanes of at least 4 members (excludes halogenated alkanes) is 1. The predicted octanol–water partition coefficient (Wildman–Crippen LogP) is 1.32. The summed E-state index contributed by atoms with van der Waals surface area (Å²) in [5.74, 6) is -1.82. The minimum absolute atomic E-state index is 0.315. The molecule has 0 radical (unpaired) electrons. The van der Waals surface area contributed by atoms with Crippen LogP contribution in [0.15, 0.2) is 48.6 Å². The van der Waals surface area contributed by atoms with Gasteiger partial charge in [-0.2, -0.15) is 0 Å². The monoisotopic (exact) mass is 342 g/mol. The number of hydrogen-bond acceptors (Lipinski definition) is 5. The Labute approximate surface area is 144 Å². The first-order chi connectivity index (χ1) is 12.0. The highest BCUT2D eigenvalue weighted by atomic mass is 16.3. The molecule has 25 heavy (non-hydrogen) atoms. The molecule has 2 aliphatic heterocycles. The van der Waals surface area contributed by atoms with E-state index in [2.05, 4.69) is 6.92 Å². The summed E-state index contributed by atoms with van der Waals surface area (Å²) in [7, 11) is 0. The zero-order valence-corrected chi connectivity index (χ0v) is 13.7. The largest absolute Gasteiger partial charge is 0.396 e. The Hall–Kier alpha value is -3.06. The zero-order valence-electron chi connectivity index (χ0n) is 13.7. The van der Waals surface area contributed by atoms with Crippen LogP contribution >= 0.6 is 0 Å². The third-order valence-electron chi connectivity index (χ3n) is 3.48. The minimum Gasteiger partial charge on any atom is -0.396 e. The summed E-state index contributed by atoms with van der Waals surface area (Å²) in [6, 6.07) is 6.14. The molecular formula is C18H18N2O5. The molecule has 0 bridgehead atoms. The molecule has 2 heterocycles. The quantitative estimate of drug-likeness (QED) is 0.833. The minimum atomic E-state index is -0.454. The molecule has 7 nitrogen and oxygen atoms in total. The first kappa shape index (κ1) is 18.3.